The van der Waals surface area contributed by atoms with E-state index in [-0.39, 0.29) is 10.5 Å². The fraction of sp³-hybridized carbons (Fsp3) is 0.167. The summed E-state index contributed by atoms with van der Waals surface area (Å²) in [6, 6.07) is 5.90. The molecular formula is C12H13N5O2S. The van der Waals surface area contributed by atoms with Gasteiger partial charge in [-0.2, -0.15) is 10.4 Å². The summed E-state index contributed by atoms with van der Waals surface area (Å²) in [4.78, 5) is -0.113. The number of nitrogens with two attached hydrogens (primary N) is 1. The highest BCUT2D eigenvalue weighted by Crippen LogP contribution is 2.22. The number of hydrogen-bond donors (Lipinski definition) is 2. The van der Waals surface area contributed by atoms with E-state index in [0.29, 0.717) is 17.1 Å². The second-order valence-electron chi connectivity index (χ2n) is 4.27. The van der Waals surface area contributed by atoms with Crippen LogP contribution in [0.15, 0.2) is 29.3 Å². The van der Waals surface area contributed by atoms with Crippen molar-refractivity contribution in [3.8, 4) is 6.07 Å². The number of nitriles is 1. The van der Waals surface area contributed by atoms with Crippen molar-refractivity contribution in [1.82, 2.24) is 9.78 Å². The fourth-order valence-corrected chi connectivity index (χ4v) is 3.01. The molecule has 2 rings (SSSR count). The SMILES string of the molecule is Cc1nn(C)cc1NS(=O)(=O)c1ccc(N)cc1C#N. The van der Waals surface area contributed by atoms with E-state index >= 15 is 0 Å². The maximum absolute atomic E-state index is 12.3. The number of anilines is 2. The monoisotopic (exact) mass is 291 g/mol. The molecule has 0 amide bonds. The predicted octanol–water partition coefficient (Wildman–Crippen LogP) is 0.983. The second-order valence-corrected chi connectivity index (χ2v) is 5.93. The zero-order chi connectivity index (χ0) is 14.9. The Morgan fingerprint density at radius 2 is 2.15 bits per heavy atom. The highest BCUT2D eigenvalue weighted by atomic mass is 32.2. The van der Waals surface area contributed by atoms with Gasteiger partial charge < -0.3 is 5.73 Å². The average molecular weight is 291 g/mol. The van der Waals surface area contributed by atoms with E-state index in [1.165, 1.54) is 22.9 Å². The van der Waals surface area contributed by atoms with Gasteiger partial charge in [-0.15, -0.1) is 0 Å². The average Bonchev–Trinajstić information content (AvgIpc) is 2.66. The largest absolute Gasteiger partial charge is 0.399 e. The van der Waals surface area contributed by atoms with Crippen molar-refractivity contribution in [1.29, 1.82) is 5.26 Å². The third-order valence-electron chi connectivity index (χ3n) is 2.67. The van der Waals surface area contributed by atoms with Crippen LogP contribution in [0, 0.1) is 18.3 Å². The Hall–Kier alpha value is -2.53. The lowest BCUT2D eigenvalue weighted by molar-refractivity contribution is 0.601. The zero-order valence-electron chi connectivity index (χ0n) is 11.0. The maximum atomic E-state index is 12.3. The number of nitrogens with one attached hydrogen (secondary N) is 1. The van der Waals surface area contributed by atoms with Crippen molar-refractivity contribution in [2.45, 2.75) is 11.8 Å². The van der Waals surface area contributed by atoms with Crippen LogP contribution in [0.2, 0.25) is 0 Å². The molecule has 0 radical (unpaired) electrons. The number of sulfonamides is 1. The van der Waals surface area contributed by atoms with Gasteiger partial charge in [-0.3, -0.25) is 9.40 Å². The van der Waals surface area contributed by atoms with E-state index in [0.717, 1.165) is 0 Å². The summed E-state index contributed by atoms with van der Waals surface area (Å²) in [5.74, 6) is 0. The van der Waals surface area contributed by atoms with Gasteiger partial charge in [0, 0.05) is 18.9 Å². The Bertz CT molecular complexity index is 802. The molecule has 0 unspecified atom stereocenters. The van der Waals surface area contributed by atoms with Crippen molar-refractivity contribution in [3.63, 3.8) is 0 Å². The van der Waals surface area contributed by atoms with Crippen molar-refractivity contribution in [2.24, 2.45) is 7.05 Å². The molecule has 0 aliphatic carbocycles. The normalized spacial score (nSPS) is 11.1. The van der Waals surface area contributed by atoms with Gasteiger partial charge in [-0.1, -0.05) is 0 Å². The number of aryl methyl sites for hydroxylation is 2. The third kappa shape index (κ3) is 2.57. The lowest BCUT2D eigenvalue weighted by atomic mass is 10.2. The first kappa shape index (κ1) is 13.9. The molecule has 8 heteroatoms. The number of aromatic nitrogens is 2. The van der Waals surface area contributed by atoms with Crippen LogP contribution >= 0.6 is 0 Å². The van der Waals surface area contributed by atoms with Crippen LogP contribution in [-0.4, -0.2) is 18.2 Å². The highest BCUT2D eigenvalue weighted by molar-refractivity contribution is 7.92. The van der Waals surface area contributed by atoms with Crippen LogP contribution in [-0.2, 0) is 17.1 Å². The Balaban J connectivity index is 2.46. The second kappa shape index (κ2) is 4.86. The fourth-order valence-electron chi connectivity index (χ4n) is 1.77. The summed E-state index contributed by atoms with van der Waals surface area (Å²) < 4.78 is 28.5. The summed E-state index contributed by atoms with van der Waals surface area (Å²) in [6.07, 6.45) is 1.55. The Morgan fingerprint density at radius 1 is 1.45 bits per heavy atom. The molecule has 0 atom stereocenters. The molecule has 1 aromatic carbocycles. The van der Waals surface area contributed by atoms with Gasteiger partial charge in [0.1, 0.15) is 11.0 Å². The minimum atomic E-state index is -3.86. The molecule has 0 aliphatic heterocycles. The van der Waals surface area contributed by atoms with E-state index in [9.17, 15) is 8.42 Å². The molecule has 3 N–H and O–H groups in total. The minimum absolute atomic E-state index is 0.000886. The lowest BCUT2D eigenvalue weighted by Crippen LogP contribution is -2.15. The first-order valence-corrected chi connectivity index (χ1v) is 7.14. The number of nitrogens with zero attached hydrogens (tertiary/aromatic N) is 3. The van der Waals surface area contributed by atoms with E-state index in [1.54, 1.807) is 20.2 Å². The van der Waals surface area contributed by atoms with Gasteiger partial charge in [-0.25, -0.2) is 8.42 Å². The van der Waals surface area contributed by atoms with E-state index < -0.39 is 10.0 Å². The molecule has 0 bridgehead atoms. The number of hydrogen-bond acceptors (Lipinski definition) is 5. The zero-order valence-corrected chi connectivity index (χ0v) is 11.8. The quantitative estimate of drug-likeness (QED) is 0.818. The van der Waals surface area contributed by atoms with Gasteiger partial charge in [0.2, 0.25) is 0 Å². The number of rotatable bonds is 3. The van der Waals surface area contributed by atoms with Gasteiger partial charge >= 0.3 is 0 Å². The maximum Gasteiger partial charge on any atom is 0.263 e. The highest BCUT2D eigenvalue weighted by Gasteiger charge is 2.20. The Labute approximate surface area is 116 Å². The molecule has 1 aromatic heterocycles. The molecule has 2 aromatic rings. The smallest absolute Gasteiger partial charge is 0.263 e. The van der Waals surface area contributed by atoms with Crippen LogP contribution in [0.3, 0.4) is 0 Å². The first-order chi connectivity index (χ1) is 9.33. The Kier molecular flexibility index (Phi) is 3.38. The molecule has 104 valence electrons. The molecule has 0 fully saturated rings. The van der Waals surface area contributed by atoms with Crippen LogP contribution in [0.25, 0.3) is 0 Å². The summed E-state index contributed by atoms with van der Waals surface area (Å²) in [6.45, 7) is 1.69. The predicted molar refractivity (Wildman–Crippen MR) is 74.3 cm³/mol. The van der Waals surface area contributed by atoms with Crippen molar-refractivity contribution >= 4 is 21.4 Å². The lowest BCUT2D eigenvalue weighted by Gasteiger charge is -2.08. The molecule has 20 heavy (non-hydrogen) atoms. The van der Waals surface area contributed by atoms with Gasteiger partial charge in [-0.05, 0) is 25.1 Å². The topological polar surface area (TPSA) is 114 Å². The summed E-state index contributed by atoms with van der Waals surface area (Å²) >= 11 is 0. The molecular weight excluding hydrogens is 278 g/mol. The molecule has 7 nitrogen and oxygen atoms in total. The number of benzene rings is 1. The van der Waals surface area contributed by atoms with Crippen molar-refractivity contribution in [3.05, 3.63) is 35.7 Å². The summed E-state index contributed by atoms with van der Waals surface area (Å²) in [5.41, 5.74) is 6.79. The van der Waals surface area contributed by atoms with E-state index in [2.05, 4.69) is 9.82 Å². The Morgan fingerprint density at radius 3 is 2.70 bits per heavy atom. The van der Waals surface area contributed by atoms with Gasteiger partial charge in [0.25, 0.3) is 10.0 Å². The molecule has 0 saturated heterocycles. The van der Waals surface area contributed by atoms with E-state index in [1.807, 2.05) is 6.07 Å². The standard InChI is InChI=1S/C12H13N5O2S/c1-8-11(7-17(2)15-8)16-20(18,19)12-4-3-10(14)5-9(12)6-13/h3-5,7,16H,14H2,1-2H3. The van der Waals surface area contributed by atoms with Crippen molar-refractivity contribution < 1.29 is 8.42 Å². The van der Waals surface area contributed by atoms with Gasteiger partial charge in [0.05, 0.1) is 16.9 Å². The van der Waals surface area contributed by atoms with Crippen LogP contribution in [0.5, 0.6) is 0 Å². The van der Waals surface area contributed by atoms with E-state index in [4.69, 9.17) is 11.0 Å². The first-order valence-electron chi connectivity index (χ1n) is 5.66. The molecule has 1 heterocycles. The molecule has 0 aliphatic rings. The number of nitrogen functional groups attached to an aromatic ring is 1. The summed E-state index contributed by atoms with van der Waals surface area (Å²) in [5, 5.41) is 13.1. The summed E-state index contributed by atoms with van der Waals surface area (Å²) in [7, 11) is -2.17. The van der Waals surface area contributed by atoms with Crippen molar-refractivity contribution in [2.75, 3.05) is 10.5 Å². The third-order valence-corrected chi connectivity index (χ3v) is 4.10. The molecule has 0 saturated carbocycles. The minimum Gasteiger partial charge on any atom is -0.399 e. The van der Waals surface area contributed by atoms with Crippen LogP contribution < -0.4 is 10.5 Å². The van der Waals surface area contributed by atoms with Gasteiger partial charge in [0.15, 0.2) is 0 Å². The van der Waals surface area contributed by atoms with Crippen LogP contribution in [0.1, 0.15) is 11.3 Å². The van der Waals surface area contributed by atoms with Crippen LogP contribution in [0.4, 0.5) is 11.4 Å². The molecule has 0 spiro atoms.